The summed E-state index contributed by atoms with van der Waals surface area (Å²) < 4.78 is 19.7. The number of aromatic amines is 1. The molecule has 1 aliphatic rings. The fraction of sp³-hybridized carbons (Fsp3) is 0.500. The van der Waals surface area contributed by atoms with Gasteiger partial charge in [-0.1, -0.05) is 24.4 Å². The first-order valence-corrected chi connectivity index (χ1v) is 8.12. The molecule has 2 aromatic heterocycles. The van der Waals surface area contributed by atoms with Crippen molar-refractivity contribution in [3.8, 4) is 5.88 Å². The molecule has 9 heteroatoms. The van der Waals surface area contributed by atoms with Crippen molar-refractivity contribution in [3.05, 3.63) is 26.6 Å². The van der Waals surface area contributed by atoms with E-state index in [4.69, 9.17) is 27.9 Å². The number of rotatable bonds is 3. The lowest BCUT2D eigenvalue weighted by molar-refractivity contribution is 0.255. The second-order valence-electron chi connectivity index (χ2n) is 5.41. The molecule has 0 radical (unpaired) electrons. The molecule has 0 spiro atoms. The van der Waals surface area contributed by atoms with Crippen LogP contribution < -0.4 is 15.6 Å². The molecule has 1 atom stereocenters. The van der Waals surface area contributed by atoms with E-state index < -0.39 is 16.5 Å². The molecule has 0 aliphatic carbocycles. The Kier molecular flexibility index (Phi) is 4.99. The minimum Gasteiger partial charge on any atom is -0.475 e. The Bertz CT molecular complexity index is 775. The monoisotopic (exact) mass is 360 g/mol. The Morgan fingerprint density at radius 1 is 1.26 bits per heavy atom. The van der Waals surface area contributed by atoms with Crippen molar-refractivity contribution < 1.29 is 9.13 Å². The number of ether oxygens (including phenoxy) is 1. The van der Waals surface area contributed by atoms with Crippen LogP contribution in [0.15, 0.2) is 4.79 Å². The van der Waals surface area contributed by atoms with E-state index in [-0.39, 0.29) is 28.1 Å². The SMILES string of the molecule is O=c1[nH]c(Cl)nc2c(F)c(Cl)nc(OCC3CCCCCN3)c12. The summed E-state index contributed by atoms with van der Waals surface area (Å²) in [6, 6.07) is 0.150. The predicted molar refractivity (Wildman–Crippen MR) is 85.9 cm³/mol. The van der Waals surface area contributed by atoms with Gasteiger partial charge in [-0.2, -0.15) is 4.98 Å². The van der Waals surface area contributed by atoms with Gasteiger partial charge in [-0.15, -0.1) is 0 Å². The summed E-state index contributed by atoms with van der Waals surface area (Å²) in [4.78, 5) is 22.0. The normalized spacial score (nSPS) is 18.8. The van der Waals surface area contributed by atoms with E-state index in [9.17, 15) is 9.18 Å². The number of halogens is 3. The second kappa shape index (κ2) is 6.98. The summed E-state index contributed by atoms with van der Waals surface area (Å²) in [6.07, 6.45) is 4.38. The molecule has 1 unspecified atom stereocenters. The van der Waals surface area contributed by atoms with Crippen molar-refractivity contribution in [3.63, 3.8) is 0 Å². The minimum absolute atomic E-state index is 0.0390. The van der Waals surface area contributed by atoms with E-state index in [1.54, 1.807) is 0 Å². The van der Waals surface area contributed by atoms with Gasteiger partial charge in [-0.25, -0.2) is 9.37 Å². The number of pyridine rings is 1. The number of H-pyrrole nitrogens is 1. The molecule has 23 heavy (non-hydrogen) atoms. The van der Waals surface area contributed by atoms with Crippen LogP contribution in [0.5, 0.6) is 5.88 Å². The van der Waals surface area contributed by atoms with Crippen LogP contribution in [0.1, 0.15) is 25.7 Å². The average Bonchev–Trinajstić information content (AvgIpc) is 2.78. The van der Waals surface area contributed by atoms with Gasteiger partial charge in [0.1, 0.15) is 17.5 Å². The Morgan fingerprint density at radius 3 is 2.91 bits per heavy atom. The predicted octanol–water partition coefficient (Wildman–Crippen LogP) is 2.67. The molecule has 6 nitrogen and oxygen atoms in total. The van der Waals surface area contributed by atoms with Gasteiger partial charge in [-0.05, 0) is 31.0 Å². The number of fused-ring (bicyclic) bond motifs is 1. The molecule has 0 bridgehead atoms. The van der Waals surface area contributed by atoms with Gasteiger partial charge in [-0.3, -0.25) is 9.78 Å². The van der Waals surface area contributed by atoms with Gasteiger partial charge in [0, 0.05) is 6.04 Å². The van der Waals surface area contributed by atoms with Crippen LogP contribution in [0.3, 0.4) is 0 Å². The summed E-state index contributed by atoms with van der Waals surface area (Å²) in [5.41, 5.74) is -0.866. The molecule has 1 fully saturated rings. The molecular formula is C14H15Cl2FN4O2. The third kappa shape index (κ3) is 3.57. The third-order valence-corrected chi connectivity index (χ3v) is 4.21. The van der Waals surface area contributed by atoms with E-state index in [1.807, 2.05) is 0 Å². The number of nitrogens with zero attached hydrogens (tertiary/aromatic N) is 2. The van der Waals surface area contributed by atoms with Crippen LogP contribution in [0.25, 0.3) is 10.9 Å². The summed E-state index contributed by atoms with van der Waals surface area (Å²) >= 11 is 11.4. The Hall–Kier alpha value is -1.44. The van der Waals surface area contributed by atoms with Gasteiger partial charge < -0.3 is 10.1 Å². The first-order chi connectivity index (χ1) is 11.1. The minimum atomic E-state index is -0.894. The topological polar surface area (TPSA) is 79.9 Å². The fourth-order valence-corrected chi connectivity index (χ4v) is 2.96. The second-order valence-corrected chi connectivity index (χ2v) is 6.13. The molecular weight excluding hydrogens is 346 g/mol. The first-order valence-electron chi connectivity index (χ1n) is 7.37. The maximum Gasteiger partial charge on any atom is 0.265 e. The standard InChI is InChI=1S/C14H15Cl2FN4O2/c15-11-9(17)10-8(12(22)21-14(16)19-10)13(20-11)23-6-7-4-2-1-3-5-18-7/h7,18H,1-6H2,(H,19,21,22). The highest BCUT2D eigenvalue weighted by Gasteiger charge is 2.20. The van der Waals surface area contributed by atoms with Crippen LogP contribution in [0, 0.1) is 5.82 Å². The van der Waals surface area contributed by atoms with E-state index in [2.05, 4.69) is 20.3 Å². The smallest absolute Gasteiger partial charge is 0.265 e. The summed E-state index contributed by atoms with van der Waals surface area (Å²) in [5.74, 6) is -0.933. The number of hydrogen-bond donors (Lipinski definition) is 2. The highest BCUT2D eigenvalue weighted by Crippen LogP contribution is 2.27. The maximum atomic E-state index is 14.1. The van der Waals surface area contributed by atoms with Crippen molar-refractivity contribution >= 4 is 34.1 Å². The summed E-state index contributed by atoms with van der Waals surface area (Å²) in [7, 11) is 0. The fourth-order valence-electron chi connectivity index (χ4n) is 2.62. The zero-order valence-electron chi connectivity index (χ0n) is 12.2. The van der Waals surface area contributed by atoms with Crippen molar-refractivity contribution in [2.75, 3.05) is 13.2 Å². The lowest BCUT2D eigenvalue weighted by Crippen LogP contribution is -2.34. The zero-order valence-corrected chi connectivity index (χ0v) is 13.7. The lowest BCUT2D eigenvalue weighted by Gasteiger charge is -2.17. The maximum absolute atomic E-state index is 14.1. The molecule has 0 amide bonds. The highest BCUT2D eigenvalue weighted by molar-refractivity contribution is 6.30. The quantitative estimate of drug-likeness (QED) is 0.649. The van der Waals surface area contributed by atoms with Crippen LogP contribution in [-0.4, -0.2) is 34.1 Å². The molecule has 1 aliphatic heterocycles. The number of hydrogen-bond acceptors (Lipinski definition) is 5. The molecule has 3 rings (SSSR count). The van der Waals surface area contributed by atoms with Crippen molar-refractivity contribution in [2.24, 2.45) is 0 Å². The van der Waals surface area contributed by atoms with Gasteiger partial charge >= 0.3 is 0 Å². The highest BCUT2D eigenvalue weighted by atomic mass is 35.5. The molecule has 1 saturated heterocycles. The van der Waals surface area contributed by atoms with E-state index in [0.717, 1.165) is 25.8 Å². The number of nitrogens with one attached hydrogen (secondary N) is 2. The van der Waals surface area contributed by atoms with Crippen LogP contribution >= 0.6 is 23.2 Å². The van der Waals surface area contributed by atoms with E-state index in [0.29, 0.717) is 6.61 Å². The summed E-state index contributed by atoms with van der Waals surface area (Å²) in [6.45, 7) is 1.23. The largest absolute Gasteiger partial charge is 0.475 e. The molecule has 0 saturated carbocycles. The Balaban J connectivity index is 1.94. The molecule has 124 valence electrons. The molecule has 3 heterocycles. The number of aromatic nitrogens is 3. The van der Waals surface area contributed by atoms with Crippen LogP contribution in [-0.2, 0) is 0 Å². The zero-order chi connectivity index (χ0) is 16.4. The van der Waals surface area contributed by atoms with Crippen molar-refractivity contribution in [2.45, 2.75) is 31.7 Å². The molecule has 2 aromatic rings. The van der Waals surface area contributed by atoms with E-state index in [1.165, 1.54) is 6.42 Å². The third-order valence-electron chi connectivity index (χ3n) is 3.78. The lowest BCUT2D eigenvalue weighted by atomic mass is 10.1. The Labute approximate surface area is 141 Å². The Morgan fingerprint density at radius 2 is 2.09 bits per heavy atom. The van der Waals surface area contributed by atoms with Crippen molar-refractivity contribution in [1.29, 1.82) is 0 Å². The first kappa shape index (κ1) is 16.4. The summed E-state index contributed by atoms with van der Waals surface area (Å²) in [5, 5.41) is 2.65. The van der Waals surface area contributed by atoms with Gasteiger partial charge in [0.05, 0.1) is 0 Å². The van der Waals surface area contributed by atoms with E-state index >= 15 is 0 Å². The van der Waals surface area contributed by atoms with Crippen LogP contribution in [0.4, 0.5) is 4.39 Å². The average molecular weight is 361 g/mol. The van der Waals surface area contributed by atoms with Gasteiger partial charge in [0.2, 0.25) is 11.2 Å². The molecule has 0 aromatic carbocycles. The van der Waals surface area contributed by atoms with Crippen molar-refractivity contribution in [1.82, 2.24) is 20.3 Å². The van der Waals surface area contributed by atoms with Gasteiger partial charge in [0.25, 0.3) is 5.56 Å². The van der Waals surface area contributed by atoms with Crippen LogP contribution in [0.2, 0.25) is 10.4 Å². The van der Waals surface area contributed by atoms with Gasteiger partial charge in [0.15, 0.2) is 11.0 Å². The molecule has 2 N–H and O–H groups in total.